The van der Waals surface area contributed by atoms with Crippen LogP contribution in [-0.4, -0.2) is 10.9 Å². The van der Waals surface area contributed by atoms with Crippen LogP contribution in [0.25, 0.3) is 0 Å². The lowest BCUT2D eigenvalue weighted by Crippen LogP contribution is -2.12. The van der Waals surface area contributed by atoms with Crippen LogP contribution in [0.3, 0.4) is 0 Å². The van der Waals surface area contributed by atoms with E-state index in [-0.39, 0.29) is 5.91 Å². The third-order valence-corrected chi connectivity index (χ3v) is 3.92. The molecule has 1 heterocycles. The Morgan fingerprint density at radius 1 is 0.917 bits per heavy atom. The fraction of sp³-hybridized carbons (Fsp3) is 0.100. The standard InChI is InChI=1S/C20H19N3O/c1-14-7-6-10-18(15(14)2)22-17-11-12-19(21-13-17)23-20(24)16-8-4-3-5-9-16/h3-13,22H,1-2H3,(H,21,23,24). The van der Waals surface area contributed by atoms with Gasteiger partial charge in [-0.1, -0.05) is 30.3 Å². The smallest absolute Gasteiger partial charge is 0.256 e. The molecule has 24 heavy (non-hydrogen) atoms. The van der Waals surface area contributed by atoms with Gasteiger partial charge in [-0.2, -0.15) is 0 Å². The topological polar surface area (TPSA) is 54.0 Å². The second kappa shape index (κ2) is 6.96. The van der Waals surface area contributed by atoms with Gasteiger partial charge in [-0.15, -0.1) is 0 Å². The minimum atomic E-state index is -0.168. The maximum absolute atomic E-state index is 12.1. The Morgan fingerprint density at radius 3 is 2.42 bits per heavy atom. The summed E-state index contributed by atoms with van der Waals surface area (Å²) in [7, 11) is 0. The maximum atomic E-state index is 12.1. The number of aromatic nitrogens is 1. The van der Waals surface area contributed by atoms with Crippen LogP contribution in [0, 0.1) is 13.8 Å². The van der Waals surface area contributed by atoms with Crippen molar-refractivity contribution in [3.63, 3.8) is 0 Å². The molecule has 120 valence electrons. The van der Waals surface area contributed by atoms with E-state index in [1.54, 1.807) is 24.4 Å². The highest BCUT2D eigenvalue weighted by Gasteiger charge is 2.06. The molecule has 3 rings (SSSR count). The number of carbonyl (C=O) groups excluding carboxylic acids is 1. The zero-order chi connectivity index (χ0) is 16.9. The van der Waals surface area contributed by atoms with Crippen molar-refractivity contribution in [2.75, 3.05) is 10.6 Å². The molecule has 4 nitrogen and oxygen atoms in total. The van der Waals surface area contributed by atoms with Gasteiger partial charge in [0.2, 0.25) is 0 Å². The molecule has 0 radical (unpaired) electrons. The zero-order valence-corrected chi connectivity index (χ0v) is 13.7. The first-order valence-corrected chi connectivity index (χ1v) is 7.79. The summed E-state index contributed by atoms with van der Waals surface area (Å²) >= 11 is 0. The van der Waals surface area contributed by atoms with E-state index in [2.05, 4.69) is 35.5 Å². The second-order valence-corrected chi connectivity index (χ2v) is 5.62. The van der Waals surface area contributed by atoms with Gasteiger partial charge < -0.3 is 10.6 Å². The van der Waals surface area contributed by atoms with Crippen molar-refractivity contribution in [1.82, 2.24) is 4.98 Å². The predicted molar refractivity (Wildman–Crippen MR) is 97.8 cm³/mol. The predicted octanol–water partition coefficient (Wildman–Crippen LogP) is 4.69. The van der Waals surface area contributed by atoms with E-state index in [9.17, 15) is 4.79 Å². The molecule has 0 spiro atoms. The third kappa shape index (κ3) is 3.60. The number of rotatable bonds is 4. The van der Waals surface area contributed by atoms with Gasteiger partial charge in [0.25, 0.3) is 5.91 Å². The summed E-state index contributed by atoms with van der Waals surface area (Å²) in [6.45, 7) is 4.17. The molecular weight excluding hydrogens is 298 g/mol. The minimum Gasteiger partial charge on any atom is -0.354 e. The van der Waals surface area contributed by atoms with Gasteiger partial charge in [-0.25, -0.2) is 4.98 Å². The molecule has 2 aromatic carbocycles. The van der Waals surface area contributed by atoms with Crippen LogP contribution in [0.15, 0.2) is 66.9 Å². The molecule has 0 aliphatic heterocycles. The van der Waals surface area contributed by atoms with E-state index in [0.717, 1.165) is 11.4 Å². The molecule has 1 amide bonds. The Kier molecular flexibility index (Phi) is 4.57. The normalized spacial score (nSPS) is 10.2. The molecule has 0 unspecified atom stereocenters. The first-order chi connectivity index (χ1) is 11.6. The van der Waals surface area contributed by atoms with Crippen molar-refractivity contribution in [1.29, 1.82) is 0 Å². The number of nitrogens with one attached hydrogen (secondary N) is 2. The van der Waals surface area contributed by atoms with Crippen molar-refractivity contribution in [2.24, 2.45) is 0 Å². The second-order valence-electron chi connectivity index (χ2n) is 5.62. The van der Waals surface area contributed by atoms with Crippen LogP contribution in [0.5, 0.6) is 0 Å². The van der Waals surface area contributed by atoms with E-state index in [1.807, 2.05) is 36.4 Å². The molecule has 0 saturated carbocycles. The number of pyridine rings is 1. The van der Waals surface area contributed by atoms with E-state index in [1.165, 1.54) is 11.1 Å². The maximum Gasteiger partial charge on any atom is 0.256 e. The number of hydrogen-bond acceptors (Lipinski definition) is 3. The molecular formula is C20H19N3O. The van der Waals surface area contributed by atoms with E-state index >= 15 is 0 Å². The number of amides is 1. The van der Waals surface area contributed by atoms with Crippen LogP contribution in [0.4, 0.5) is 17.2 Å². The van der Waals surface area contributed by atoms with Crippen LogP contribution >= 0.6 is 0 Å². The number of anilines is 3. The highest BCUT2D eigenvalue weighted by atomic mass is 16.1. The molecule has 0 bridgehead atoms. The van der Waals surface area contributed by atoms with Crippen molar-refractivity contribution < 1.29 is 4.79 Å². The monoisotopic (exact) mass is 317 g/mol. The molecule has 0 aliphatic carbocycles. The number of benzene rings is 2. The summed E-state index contributed by atoms with van der Waals surface area (Å²) in [5, 5.41) is 6.14. The fourth-order valence-corrected chi connectivity index (χ4v) is 2.36. The Bertz CT molecular complexity index is 843. The summed E-state index contributed by atoms with van der Waals surface area (Å²) in [6, 6.07) is 18.9. The third-order valence-electron chi connectivity index (χ3n) is 3.92. The molecule has 3 aromatic rings. The summed E-state index contributed by atoms with van der Waals surface area (Å²) in [6.07, 6.45) is 1.71. The lowest BCUT2D eigenvalue weighted by Gasteiger charge is -2.11. The average molecular weight is 317 g/mol. The first-order valence-electron chi connectivity index (χ1n) is 7.79. The Balaban J connectivity index is 1.69. The van der Waals surface area contributed by atoms with Gasteiger partial charge in [0.15, 0.2) is 0 Å². The molecule has 0 saturated heterocycles. The van der Waals surface area contributed by atoms with Gasteiger partial charge in [0.05, 0.1) is 11.9 Å². The van der Waals surface area contributed by atoms with Crippen LogP contribution < -0.4 is 10.6 Å². The highest BCUT2D eigenvalue weighted by Crippen LogP contribution is 2.22. The fourth-order valence-electron chi connectivity index (χ4n) is 2.36. The first kappa shape index (κ1) is 15.7. The van der Waals surface area contributed by atoms with E-state index in [0.29, 0.717) is 11.4 Å². The Hall–Kier alpha value is -3.14. The molecule has 0 fully saturated rings. The molecule has 1 aromatic heterocycles. The van der Waals surface area contributed by atoms with Crippen LogP contribution in [0.1, 0.15) is 21.5 Å². The molecule has 4 heteroatoms. The quantitative estimate of drug-likeness (QED) is 0.733. The van der Waals surface area contributed by atoms with Gasteiger partial charge in [-0.3, -0.25) is 4.79 Å². The van der Waals surface area contributed by atoms with E-state index in [4.69, 9.17) is 0 Å². The lowest BCUT2D eigenvalue weighted by atomic mass is 10.1. The SMILES string of the molecule is Cc1cccc(Nc2ccc(NC(=O)c3ccccc3)nc2)c1C. The van der Waals surface area contributed by atoms with Crippen molar-refractivity contribution in [3.05, 3.63) is 83.6 Å². The van der Waals surface area contributed by atoms with Gasteiger partial charge >= 0.3 is 0 Å². The van der Waals surface area contributed by atoms with Gasteiger partial charge in [0, 0.05) is 11.3 Å². The summed E-state index contributed by atoms with van der Waals surface area (Å²) < 4.78 is 0. The summed E-state index contributed by atoms with van der Waals surface area (Å²) in [5.74, 6) is 0.355. The molecule has 2 N–H and O–H groups in total. The average Bonchev–Trinajstić information content (AvgIpc) is 2.61. The number of aryl methyl sites for hydroxylation is 1. The zero-order valence-electron chi connectivity index (χ0n) is 13.7. The number of carbonyl (C=O) groups is 1. The van der Waals surface area contributed by atoms with Gasteiger partial charge in [-0.05, 0) is 55.3 Å². The lowest BCUT2D eigenvalue weighted by molar-refractivity contribution is 0.102. The summed E-state index contributed by atoms with van der Waals surface area (Å²) in [4.78, 5) is 16.4. The van der Waals surface area contributed by atoms with Crippen molar-refractivity contribution >= 4 is 23.1 Å². The van der Waals surface area contributed by atoms with Gasteiger partial charge in [0.1, 0.15) is 5.82 Å². The molecule has 0 aliphatic rings. The highest BCUT2D eigenvalue weighted by molar-refractivity contribution is 6.03. The Labute approximate surface area is 141 Å². The van der Waals surface area contributed by atoms with Crippen LogP contribution in [-0.2, 0) is 0 Å². The minimum absolute atomic E-state index is 0.168. The Morgan fingerprint density at radius 2 is 1.71 bits per heavy atom. The van der Waals surface area contributed by atoms with E-state index < -0.39 is 0 Å². The number of hydrogen-bond donors (Lipinski definition) is 2. The summed E-state index contributed by atoms with van der Waals surface area (Å²) in [5.41, 5.74) is 4.98. The number of nitrogens with zero attached hydrogens (tertiary/aromatic N) is 1. The van der Waals surface area contributed by atoms with Crippen molar-refractivity contribution in [2.45, 2.75) is 13.8 Å². The van der Waals surface area contributed by atoms with Crippen LogP contribution in [0.2, 0.25) is 0 Å². The van der Waals surface area contributed by atoms with Crippen molar-refractivity contribution in [3.8, 4) is 0 Å². The molecule has 0 atom stereocenters. The largest absolute Gasteiger partial charge is 0.354 e.